The van der Waals surface area contributed by atoms with Crippen LogP contribution in [0.5, 0.6) is 0 Å². The molecule has 2 atom stereocenters. The lowest BCUT2D eigenvalue weighted by atomic mass is 9.92. The van der Waals surface area contributed by atoms with Crippen molar-refractivity contribution in [1.29, 1.82) is 0 Å². The Kier molecular flexibility index (Phi) is 8.19. The van der Waals surface area contributed by atoms with Gasteiger partial charge in [0.25, 0.3) is 0 Å². The van der Waals surface area contributed by atoms with Gasteiger partial charge in [-0.1, -0.05) is 18.0 Å². The number of likely N-dealkylation sites (tertiary alicyclic amines) is 1. The molecule has 8 heteroatoms. The Labute approximate surface area is 181 Å². The molecule has 1 aliphatic heterocycles. The van der Waals surface area contributed by atoms with Crippen LogP contribution in [0.4, 0.5) is 0 Å². The summed E-state index contributed by atoms with van der Waals surface area (Å²) >= 11 is 7.83. The van der Waals surface area contributed by atoms with E-state index in [0.717, 1.165) is 55.7 Å². The van der Waals surface area contributed by atoms with Crippen molar-refractivity contribution in [3.8, 4) is 0 Å². The van der Waals surface area contributed by atoms with Crippen LogP contribution in [0.1, 0.15) is 43.0 Å². The number of carbonyl (C=O) groups excluding carboxylic acids is 1. The van der Waals surface area contributed by atoms with Crippen LogP contribution in [0.2, 0.25) is 5.02 Å². The van der Waals surface area contributed by atoms with E-state index in [1.165, 1.54) is 9.71 Å². The van der Waals surface area contributed by atoms with Gasteiger partial charge >= 0.3 is 0 Å². The monoisotopic (exact) mass is 449 g/mol. The standard InChI is InChI=1S/C19H24ClN3OS.2ClH/c20-14-4-5-17-16(10-14)22-18(25-17)12-6-8-23(9-7-12)19(24)15-3-1-2-13(15)11-21;;/h4-5,10,12-13,15H,1-3,6-9,11,21H2;2*1H/t13-,15-;;/m1../s1. The maximum Gasteiger partial charge on any atom is 0.226 e. The van der Waals surface area contributed by atoms with E-state index >= 15 is 0 Å². The van der Waals surface area contributed by atoms with Crippen LogP contribution in [0.3, 0.4) is 0 Å². The summed E-state index contributed by atoms with van der Waals surface area (Å²) in [5, 5.41) is 1.92. The molecular formula is C19H26Cl3N3OS. The zero-order chi connectivity index (χ0) is 17.4. The number of thiazole rings is 1. The number of aromatic nitrogens is 1. The quantitative estimate of drug-likeness (QED) is 0.725. The summed E-state index contributed by atoms with van der Waals surface area (Å²) in [5.41, 5.74) is 6.84. The fourth-order valence-electron chi connectivity index (χ4n) is 4.32. The molecule has 0 radical (unpaired) electrons. The van der Waals surface area contributed by atoms with Gasteiger partial charge in [0, 0.05) is 29.9 Å². The van der Waals surface area contributed by atoms with Crippen LogP contribution in [0, 0.1) is 11.8 Å². The van der Waals surface area contributed by atoms with Crippen molar-refractivity contribution in [1.82, 2.24) is 9.88 Å². The van der Waals surface area contributed by atoms with Gasteiger partial charge < -0.3 is 10.6 Å². The Morgan fingerprint density at radius 1 is 1.22 bits per heavy atom. The molecule has 1 amide bonds. The Morgan fingerprint density at radius 2 is 1.96 bits per heavy atom. The second-order valence-corrected chi connectivity index (χ2v) is 8.80. The molecule has 1 aromatic heterocycles. The summed E-state index contributed by atoms with van der Waals surface area (Å²) in [6.45, 7) is 2.32. The molecule has 2 heterocycles. The summed E-state index contributed by atoms with van der Waals surface area (Å²) in [5.74, 6) is 1.34. The van der Waals surface area contributed by atoms with E-state index in [1.807, 2.05) is 18.2 Å². The average molecular weight is 451 g/mol. The number of benzene rings is 1. The lowest BCUT2D eigenvalue weighted by molar-refractivity contribution is -0.137. The lowest BCUT2D eigenvalue weighted by Gasteiger charge is -2.34. The SMILES string of the molecule is Cl.Cl.NC[C@H]1CCC[C@H]1C(=O)N1CCC(c2nc3cc(Cl)ccc3s2)CC1. The largest absolute Gasteiger partial charge is 0.342 e. The molecule has 4 rings (SSSR count). The Morgan fingerprint density at radius 3 is 2.67 bits per heavy atom. The summed E-state index contributed by atoms with van der Waals surface area (Å²) in [4.78, 5) is 19.7. The van der Waals surface area contributed by atoms with Crippen LogP contribution in [0.15, 0.2) is 18.2 Å². The first-order valence-corrected chi connectivity index (χ1v) is 10.4. The molecule has 1 aromatic carbocycles. The molecule has 0 spiro atoms. The van der Waals surface area contributed by atoms with E-state index in [1.54, 1.807) is 11.3 Å². The van der Waals surface area contributed by atoms with Crippen molar-refractivity contribution in [3.63, 3.8) is 0 Å². The van der Waals surface area contributed by atoms with Crippen LogP contribution in [-0.2, 0) is 4.79 Å². The van der Waals surface area contributed by atoms with Gasteiger partial charge in [-0.2, -0.15) is 0 Å². The van der Waals surface area contributed by atoms with Crippen molar-refractivity contribution >= 4 is 63.9 Å². The molecule has 4 nitrogen and oxygen atoms in total. The summed E-state index contributed by atoms with van der Waals surface area (Å²) in [7, 11) is 0. The van der Waals surface area contributed by atoms with Gasteiger partial charge in [0.15, 0.2) is 0 Å². The molecule has 1 aliphatic carbocycles. The third-order valence-corrected chi connectivity index (χ3v) is 7.24. The van der Waals surface area contributed by atoms with Gasteiger partial charge in [-0.05, 0) is 56.3 Å². The highest BCUT2D eigenvalue weighted by atomic mass is 35.5. The number of amides is 1. The van der Waals surface area contributed by atoms with Crippen molar-refractivity contribution in [2.45, 2.75) is 38.0 Å². The highest BCUT2D eigenvalue weighted by Gasteiger charge is 2.36. The summed E-state index contributed by atoms with van der Waals surface area (Å²) in [6, 6.07) is 5.90. The van der Waals surface area contributed by atoms with E-state index in [9.17, 15) is 4.79 Å². The fourth-order valence-corrected chi connectivity index (χ4v) is 5.60. The van der Waals surface area contributed by atoms with Gasteiger partial charge in [0.05, 0.1) is 15.2 Å². The number of nitrogens with two attached hydrogens (primary N) is 1. The number of nitrogens with zero attached hydrogens (tertiary/aromatic N) is 2. The summed E-state index contributed by atoms with van der Waals surface area (Å²) in [6.07, 6.45) is 5.26. The molecule has 2 N–H and O–H groups in total. The predicted molar refractivity (Wildman–Crippen MR) is 118 cm³/mol. The van der Waals surface area contributed by atoms with Gasteiger partial charge in [0.1, 0.15) is 0 Å². The zero-order valence-electron chi connectivity index (χ0n) is 15.1. The van der Waals surface area contributed by atoms with E-state index in [4.69, 9.17) is 22.3 Å². The smallest absolute Gasteiger partial charge is 0.226 e. The lowest BCUT2D eigenvalue weighted by Crippen LogP contribution is -2.43. The molecule has 0 bridgehead atoms. The number of rotatable bonds is 3. The van der Waals surface area contributed by atoms with Crippen LogP contribution < -0.4 is 5.73 Å². The molecule has 2 fully saturated rings. The van der Waals surface area contributed by atoms with Gasteiger partial charge in [-0.25, -0.2) is 4.98 Å². The minimum absolute atomic E-state index is 0. The first-order chi connectivity index (χ1) is 12.2. The van der Waals surface area contributed by atoms with Gasteiger partial charge in [0.2, 0.25) is 5.91 Å². The molecule has 27 heavy (non-hydrogen) atoms. The number of hydrogen-bond donors (Lipinski definition) is 1. The molecule has 150 valence electrons. The van der Waals surface area contributed by atoms with Crippen LogP contribution in [0.25, 0.3) is 10.2 Å². The average Bonchev–Trinajstić information content (AvgIpc) is 3.27. The fraction of sp³-hybridized carbons (Fsp3) is 0.579. The third-order valence-electron chi connectivity index (χ3n) is 5.80. The minimum atomic E-state index is 0. The van der Waals surface area contributed by atoms with Crippen molar-refractivity contribution < 1.29 is 4.79 Å². The van der Waals surface area contributed by atoms with Gasteiger partial charge in [-0.3, -0.25) is 4.79 Å². The van der Waals surface area contributed by atoms with Crippen molar-refractivity contribution in [2.24, 2.45) is 17.6 Å². The number of carbonyl (C=O) groups is 1. The number of piperidine rings is 1. The first-order valence-electron chi connectivity index (χ1n) is 9.20. The van der Waals surface area contributed by atoms with E-state index < -0.39 is 0 Å². The molecule has 2 aromatic rings. The van der Waals surface area contributed by atoms with E-state index in [-0.39, 0.29) is 30.7 Å². The van der Waals surface area contributed by atoms with Crippen LogP contribution >= 0.6 is 47.8 Å². The number of halogens is 3. The molecular weight excluding hydrogens is 425 g/mol. The highest BCUT2D eigenvalue weighted by molar-refractivity contribution is 7.18. The van der Waals surface area contributed by atoms with Gasteiger partial charge in [-0.15, -0.1) is 36.2 Å². The maximum absolute atomic E-state index is 12.8. The summed E-state index contributed by atoms with van der Waals surface area (Å²) < 4.78 is 1.19. The Balaban J connectivity index is 0.00000131. The van der Waals surface area contributed by atoms with Crippen LogP contribution in [-0.4, -0.2) is 35.4 Å². The minimum Gasteiger partial charge on any atom is -0.342 e. The molecule has 2 aliphatic rings. The molecule has 1 saturated heterocycles. The second-order valence-electron chi connectivity index (χ2n) is 7.30. The normalized spacial score (nSPS) is 23.1. The predicted octanol–water partition coefficient (Wildman–Crippen LogP) is 4.87. The van der Waals surface area contributed by atoms with Crippen molar-refractivity contribution in [2.75, 3.05) is 19.6 Å². The van der Waals surface area contributed by atoms with E-state index in [0.29, 0.717) is 24.3 Å². The van der Waals surface area contributed by atoms with E-state index in [2.05, 4.69) is 4.90 Å². The molecule has 1 saturated carbocycles. The first kappa shape index (κ1) is 22.7. The zero-order valence-corrected chi connectivity index (χ0v) is 18.3. The molecule has 0 unspecified atom stereocenters. The highest BCUT2D eigenvalue weighted by Crippen LogP contribution is 2.37. The number of hydrogen-bond acceptors (Lipinski definition) is 4. The maximum atomic E-state index is 12.8. The van der Waals surface area contributed by atoms with Crippen molar-refractivity contribution in [3.05, 3.63) is 28.2 Å². The Hall–Kier alpha value is -0.590. The Bertz CT molecular complexity index is 777. The topological polar surface area (TPSA) is 59.2 Å². The third kappa shape index (κ3) is 4.70. The number of fused-ring (bicyclic) bond motifs is 1. The second kappa shape index (κ2) is 9.75.